The highest BCUT2D eigenvalue weighted by Crippen LogP contribution is 2.30. The predicted octanol–water partition coefficient (Wildman–Crippen LogP) is 3.42. The van der Waals surface area contributed by atoms with Crippen LogP contribution >= 0.6 is 0 Å². The molecule has 0 radical (unpaired) electrons. The van der Waals surface area contributed by atoms with Gasteiger partial charge in [0.25, 0.3) is 0 Å². The van der Waals surface area contributed by atoms with Crippen LogP contribution in [0.25, 0.3) is 0 Å². The molecule has 2 aromatic carbocycles. The zero-order valence-electron chi connectivity index (χ0n) is 11.4. The molecule has 0 fully saturated rings. The van der Waals surface area contributed by atoms with E-state index in [0.717, 1.165) is 0 Å². The van der Waals surface area contributed by atoms with Crippen molar-refractivity contribution in [2.45, 2.75) is 18.9 Å². The van der Waals surface area contributed by atoms with E-state index in [2.05, 4.69) is 0 Å². The van der Waals surface area contributed by atoms with Gasteiger partial charge in [-0.1, -0.05) is 30.3 Å². The number of halogens is 2. The Hall–Kier alpha value is -1.94. The van der Waals surface area contributed by atoms with Crippen molar-refractivity contribution < 1.29 is 18.6 Å². The van der Waals surface area contributed by atoms with Gasteiger partial charge >= 0.3 is 0 Å². The van der Waals surface area contributed by atoms with Crippen molar-refractivity contribution in [1.82, 2.24) is 0 Å². The van der Waals surface area contributed by atoms with Crippen LogP contribution in [0.15, 0.2) is 42.5 Å². The van der Waals surface area contributed by atoms with E-state index in [1.165, 1.54) is 32.2 Å². The third-order valence-electron chi connectivity index (χ3n) is 3.25. The summed E-state index contributed by atoms with van der Waals surface area (Å²) in [6, 6.07) is 10.6. The van der Waals surface area contributed by atoms with E-state index in [4.69, 9.17) is 4.74 Å². The van der Waals surface area contributed by atoms with Crippen LogP contribution in [0.5, 0.6) is 5.75 Å². The summed E-state index contributed by atoms with van der Waals surface area (Å²) in [6.45, 7) is 1.46. The maximum Gasteiger partial charge on any atom is 0.168 e. The zero-order valence-corrected chi connectivity index (χ0v) is 11.4. The molecule has 0 amide bonds. The second-order valence-electron chi connectivity index (χ2n) is 4.86. The van der Waals surface area contributed by atoms with Gasteiger partial charge in [-0.3, -0.25) is 0 Å². The molecule has 1 N–H and O–H groups in total. The van der Waals surface area contributed by atoms with E-state index in [-0.39, 0.29) is 23.3 Å². The highest BCUT2D eigenvalue weighted by Gasteiger charge is 2.28. The summed E-state index contributed by atoms with van der Waals surface area (Å²) in [4.78, 5) is 0. The number of benzene rings is 2. The second kappa shape index (κ2) is 5.59. The second-order valence-corrected chi connectivity index (χ2v) is 4.86. The minimum atomic E-state index is -1.50. The Labute approximate surface area is 116 Å². The van der Waals surface area contributed by atoms with Crippen molar-refractivity contribution in [2.75, 3.05) is 7.11 Å². The molecule has 0 spiro atoms. The number of aliphatic hydroxyl groups is 1. The van der Waals surface area contributed by atoms with Crippen molar-refractivity contribution >= 4 is 0 Å². The summed E-state index contributed by atoms with van der Waals surface area (Å²) in [5.74, 6) is -0.945. The van der Waals surface area contributed by atoms with Crippen molar-refractivity contribution in [1.29, 1.82) is 0 Å². The molecule has 0 aliphatic carbocycles. The van der Waals surface area contributed by atoms with E-state index in [0.29, 0.717) is 0 Å². The molecule has 1 unspecified atom stereocenters. The van der Waals surface area contributed by atoms with Crippen LogP contribution in [0, 0.1) is 11.6 Å². The van der Waals surface area contributed by atoms with Gasteiger partial charge < -0.3 is 9.84 Å². The normalized spacial score (nSPS) is 13.8. The average Bonchev–Trinajstić information content (AvgIpc) is 2.41. The smallest absolute Gasteiger partial charge is 0.168 e. The van der Waals surface area contributed by atoms with Gasteiger partial charge in [0, 0.05) is 12.0 Å². The van der Waals surface area contributed by atoms with E-state index in [1.54, 1.807) is 24.3 Å². The molecule has 0 aromatic heterocycles. The molecule has 2 rings (SSSR count). The van der Waals surface area contributed by atoms with Crippen LogP contribution in [0.4, 0.5) is 8.78 Å². The number of methoxy groups -OCH3 is 1. The summed E-state index contributed by atoms with van der Waals surface area (Å²) in [5, 5.41) is 10.5. The first-order chi connectivity index (χ1) is 9.45. The number of hydrogen-bond acceptors (Lipinski definition) is 2. The average molecular weight is 278 g/mol. The Morgan fingerprint density at radius 2 is 1.80 bits per heavy atom. The lowest BCUT2D eigenvalue weighted by Crippen LogP contribution is -2.26. The first-order valence-corrected chi connectivity index (χ1v) is 6.24. The van der Waals surface area contributed by atoms with Crippen molar-refractivity contribution in [2.24, 2.45) is 0 Å². The van der Waals surface area contributed by atoms with Crippen molar-refractivity contribution in [3.05, 3.63) is 65.2 Å². The summed E-state index contributed by atoms with van der Waals surface area (Å²) < 4.78 is 32.7. The maximum atomic E-state index is 14.1. The fraction of sp³-hybridized carbons (Fsp3) is 0.250. The molecule has 2 nitrogen and oxygen atoms in total. The zero-order chi connectivity index (χ0) is 14.8. The molecule has 0 aliphatic heterocycles. The van der Waals surface area contributed by atoms with Gasteiger partial charge in [-0.25, -0.2) is 8.78 Å². The summed E-state index contributed by atoms with van der Waals surface area (Å²) in [7, 11) is 1.37. The molecular weight excluding hydrogens is 262 g/mol. The number of ether oxygens (including phenoxy) is 1. The first kappa shape index (κ1) is 14.5. The van der Waals surface area contributed by atoms with Crippen LogP contribution in [0.1, 0.15) is 18.1 Å². The predicted molar refractivity (Wildman–Crippen MR) is 72.6 cm³/mol. The Kier molecular flexibility index (Phi) is 4.04. The van der Waals surface area contributed by atoms with Crippen LogP contribution in [-0.4, -0.2) is 12.2 Å². The molecule has 1 atom stereocenters. The van der Waals surface area contributed by atoms with Crippen molar-refractivity contribution in [3.63, 3.8) is 0 Å². The molecule has 4 heteroatoms. The van der Waals surface area contributed by atoms with E-state index in [9.17, 15) is 13.9 Å². The number of rotatable bonds is 4. The molecule has 0 bridgehead atoms. The fourth-order valence-electron chi connectivity index (χ4n) is 2.21. The summed E-state index contributed by atoms with van der Waals surface area (Å²) in [6.07, 6.45) is -0.0447. The lowest BCUT2D eigenvalue weighted by molar-refractivity contribution is 0.0528. The molecule has 0 heterocycles. The van der Waals surface area contributed by atoms with Gasteiger partial charge in [0.15, 0.2) is 11.6 Å². The van der Waals surface area contributed by atoms with Gasteiger partial charge in [-0.2, -0.15) is 0 Å². The van der Waals surface area contributed by atoms with Crippen LogP contribution in [0.3, 0.4) is 0 Å². The van der Waals surface area contributed by atoms with E-state index in [1.807, 2.05) is 0 Å². The van der Waals surface area contributed by atoms with E-state index < -0.39 is 17.2 Å². The van der Waals surface area contributed by atoms with Gasteiger partial charge in [0.1, 0.15) is 5.82 Å². The van der Waals surface area contributed by atoms with Gasteiger partial charge in [-0.15, -0.1) is 0 Å². The standard InChI is InChI=1S/C16H16F2O2/c1-16(19,12-7-3-4-8-13(12)17)10-11-6-5-9-14(20-2)15(11)18/h3-9,19H,10H2,1-2H3. The lowest BCUT2D eigenvalue weighted by atomic mass is 9.88. The topological polar surface area (TPSA) is 29.5 Å². The van der Waals surface area contributed by atoms with Crippen molar-refractivity contribution in [3.8, 4) is 5.75 Å². The Balaban J connectivity index is 2.36. The monoisotopic (exact) mass is 278 g/mol. The minimum absolute atomic E-state index is 0.0447. The fourth-order valence-corrected chi connectivity index (χ4v) is 2.21. The molecule has 0 saturated carbocycles. The van der Waals surface area contributed by atoms with Crippen LogP contribution in [0.2, 0.25) is 0 Å². The Morgan fingerprint density at radius 3 is 2.45 bits per heavy atom. The summed E-state index contributed by atoms with van der Waals surface area (Å²) in [5.41, 5.74) is -1.08. The third kappa shape index (κ3) is 2.80. The molecule has 2 aromatic rings. The van der Waals surface area contributed by atoms with Crippen LogP contribution < -0.4 is 4.74 Å². The van der Waals surface area contributed by atoms with Gasteiger partial charge in [0.05, 0.1) is 12.7 Å². The first-order valence-electron chi connectivity index (χ1n) is 6.24. The van der Waals surface area contributed by atoms with Gasteiger partial charge in [0.2, 0.25) is 0 Å². The highest BCUT2D eigenvalue weighted by molar-refractivity contribution is 5.34. The third-order valence-corrected chi connectivity index (χ3v) is 3.25. The molecule has 0 aliphatic rings. The minimum Gasteiger partial charge on any atom is -0.494 e. The largest absolute Gasteiger partial charge is 0.494 e. The van der Waals surface area contributed by atoms with Crippen LogP contribution in [-0.2, 0) is 12.0 Å². The highest BCUT2D eigenvalue weighted by atomic mass is 19.1. The molecular formula is C16H16F2O2. The molecule has 0 saturated heterocycles. The van der Waals surface area contributed by atoms with E-state index >= 15 is 0 Å². The summed E-state index contributed by atoms with van der Waals surface area (Å²) >= 11 is 0. The maximum absolute atomic E-state index is 14.1. The Morgan fingerprint density at radius 1 is 1.10 bits per heavy atom. The SMILES string of the molecule is COc1cccc(CC(C)(O)c2ccccc2F)c1F. The quantitative estimate of drug-likeness (QED) is 0.928. The lowest BCUT2D eigenvalue weighted by Gasteiger charge is -2.25. The van der Waals surface area contributed by atoms with Gasteiger partial charge in [-0.05, 0) is 24.6 Å². The Bertz CT molecular complexity index is 609. The number of hydrogen-bond donors (Lipinski definition) is 1. The molecule has 106 valence electrons. The molecule has 20 heavy (non-hydrogen) atoms.